The molecule has 2 N–H and O–H groups in total. The van der Waals surface area contributed by atoms with Crippen molar-refractivity contribution in [2.45, 2.75) is 13.8 Å². The van der Waals surface area contributed by atoms with Crippen LogP contribution >= 0.6 is 0 Å². The molecule has 0 fully saturated rings. The molecule has 0 aromatic carbocycles. The molecule has 0 rings (SSSR count). The summed E-state index contributed by atoms with van der Waals surface area (Å²) in [5.74, 6) is -0.0933. The van der Waals surface area contributed by atoms with Crippen molar-refractivity contribution in [3.8, 4) is 0 Å². The molecule has 0 aliphatic heterocycles. The van der Waals surface area contributed by atoms with Gasteiger partial charge in [-0.3, -0.25) is 4.79 Å². The lowest BCUT2D eigenvalue weighted by Crippen LogP contribution is -2.27. The van der Waals surface area contributed by atoms with Gasteiger partial charge in [0.2, 0.25) is 5.91 Å². The molecule has 0 heterocycles. The molecule has 0 unspecified atom stereocenters. The van der Waals surface area contributed by atoms with Crippen LogP contribution in [0.1, 0.15) is 16.7 Å². The third kappa shape index (κ3) is 13.4. The number of carbonyl (C=O) groups excluding carboxylic acids is 1. The van der Waals surface area contributed by atoms with Gasteiger partial charge in [-0.2, -0.15) is 0 Å². The van der Waals surface area contributed by atoms with Gasteiger partial charge in [0.25, 0.3) is 0 Å². The molecule has 0 atom stereocenters. The fourth-order valence-corrected chi connectivity index (χ4v) is 1.17. The molecule has 0 aliphatic rings. The number of hydrogen-bond acceptors (Lipinski definition) is 5. The molecule has 0 radical (unpaired) electrons. The van der Waals surface area contributed by atoms with Gasteiger partial charge in [0.15, 0.2) is 0 Å². The fourth-order valence-electron chi connectivity index (χ4n) is 1.17. The van der Waals surface area contributed by atoms with Crippen LogP contribution in [-0.2, 0) is 19.0 Å². The van der Waals surface area contributed by atoms with Crippen LogP contribution in [0.15, 0.2) is 0 Å². The number of carbonyl (C=O) groups is 1. The maximum absolute atomic E-state index is 11.0. The molecule has 0 saturated heterocycles. The number of amides is 1. The Morgan fingerprint density at radius 3 is 2.17 bits per heavy atom. The average Bonchev–Trinajstić information content (AvgIpc) is 2.36. The summed E-state index contributed by atoms with van der Waals surface area (Å²) < 4.78 is 15.7. The summed E-state index contributed by atoms with van der Waals surface area (Å²) in [4.78, 5) is 11.0. The number of rotatable bonds is 13. The third-order valence-corrected chi connectivity index (χ3v) is 2.02. The molecule has 0 bridgehead atoms. The molecular weight excluding hydrogens is 236 g/mol. The summed E-state index contributed by atoms with van der Waals surface area (Å²) in [6.45, 7) is 9.23. The molecule has 1 amide bonds. The number of likely N-dealkylation sites (N-methyl/N-ethyl adjacent to an activating group) is 2. The molecule has 0 aromatic heterocycles. The van der Waals surface area contributed by atoms with Gasteiger partial charge in [-0.15, -0.1) is 0 Å². The highest BCUT2D eigenvalue weighted by atomic mass is 16.5. The maximum atomic E-state index is 11.0. The Kier molecular flexibility index (Phi) is 13.8. The van der Waals surface area contributed by atoms with E-state index in [-0.39, 0.29) is 15.4 Å². The second-order valence-corrected chi connectivity index (χ2v) is 3.58. The van der Waals surface area contributed by atoms with Crippen LogP contribution in [0, 0.1) is 0 Å². The highest BCUT2D eigenvalue weighted by molar-refractivity contribution is 5.77. The van der Waals surface area contributed by atoms with Gasteiger partial charge >= 0.3 is 0 Å². The minimum Gasteiger partial charge on any atom is -0.378 e. The Hall–Kier alpha value is -0.690. The molecule has 18 heavy (non-hydrogen) atoms. The van der Waals surface area contributed by atoms with Gasteiger partial charge in [0.1, 0.15) is 6.61 Å². The van der Waals surface area contributed by atoms with Crippen LogP contribution in [0.25, 0.3) is 0 Å². The second kappa shape index (κ2) is 14.4. The smallest absolute Gasteiger partial charge is 0.245 e. The van der Waals surface area contributed by atoms with Crippen molar-refractivity contribution in [1.82, 2.24) is 10.6 Å². The lowest BCUT2D eigenvalue weighted by molar-refractivity contribution is -0.126. The van der Waals surface area contributed by atoms with Crippen LogP contribution in [0.4, 0.5) is 0 Å². The SMILES string of the molecule is CCNCCOCCOCCOCC(=O)NCC.[HH].[HH]. The van der Waals surface area contributed by atoms with Gasteiger partial charge in [-0.05, 0) is 13.5 Å². The highest BCUT2D eigenvalue weighted by Crippen LogP contribution is 1.81. The monoisotopic (exact) mass is 266 g/mol. The van der Waals surface area contributed by atoms with Crippen molar-refractivity contribution >= 4 is 5.91 Å². The van der Waals surface area contributed by atoms with E-state index in [0.717, 1.165) is 13.1 Å². The summed E-state index contributed by atoms with van der Waals surface area (Å²) in [7, 11) is 0. The number of ether oxygens (including phenoxy) is 3. The van der Waals surface area contributed by atoms with Crippen molar-refractivity contribution in [2.24, 2.45) is 0 Å². The van der Waals surface area contributed by atoms with Crippen LogP contribution in [-0.4, -0.2) is 65.2 Å². The predicted octanol–water partition coefficient (Wildman–Crippen LogP) is 0.274. The summed E-state index contributed by atoms with van der Waals surface area (Å²) in [5, 5.41) is 5.81. The molecule has 112 valence electrons. The first-order valence-corrected chi connectivity index (χ1v) is 6.51. The maximum Gasteiger partial charge on any atom is 0.245 e. The van der Waals surface area contributed by atoms with E-state index in [2.05, 4.69) is 17.6 Å². The average molecular weight is 266 g/mol. The van der Waals surface area contributed by atoms with Gasteiger partial charge in [-0.1, -0.05) is 6.92 Å². The van der Waals surface area contributed by atoms with Crippen LogP contribution in [0.3, 0.4) is 0 Å². The van der Waals surface area contributed by atoms with Crippen LogP contribution in [0.5, 0.6) is 0 Å². The Morgan fingerprint density at radius 2 is 1.56 bits per heavy atom. The topological polar surface area (TPSA) is 68.8 Å². The van der Waals surface area contributed by atoms with E-state index in [1.165, 1.54) is 0 Å². The van der Waals surface area contributed by atoms with E-state index in [4.69, 9.17) is 14.2 Å². The Bertz CT molecular complexity index is 200. The van der Waals surface area contributed by atoms with Crippen molar-refractivity contribution in [3.63, 3.8) is 0 Å². The quantitative estimate of drug-likeness (QED) is 0.468. The molecule has 0 aliphatic carbocycles. The Balaban J connectivity index is -0.00000144. The molecular formula is C12H30N2O4. The van der Waals surface area contributed by atoms with E-state index in [0.29, 0.717) is 39.6 Å². The minimum atomic E-state index is -0.0933. The fraction of sp³-hybridized carbons (Fsp3) is 0.917. The number of nitrogens with one attached hydrogen (secondary N) is 2. The molecule has 0 saturated carbocycles. The van der Waals surface area contributed by atoms with E-state index < -0.39 is 0 Å². The highest BCUT2D eigenvalue weighted by Gasteiger charge is 1.98. The lowest BCUT2D eigenvalue weighted by Gasteiger charge is -2.07. The van der Waals surface area contributed by atoms with Gasteiger partial charge in [-0.25, -0.2) is 0 Å². The first kappa shape index (κ1) is 17.3. The van der Waals surface area contributed by atoms with Crippen molar-refractivity contribution in [1.29, 1.82) is 0 Å². The summed E-state index contributed by atoms with van der Waals surface area (Å²) in [5.41, 5.74) is 0. The van der Waals surface area contributed by atoms with E-state index >= 15 is 0 Å². The van der Waals surface area contributed by atoms with E-state index in [1.54, 1.807) is 0 Å². The van der Waals surface area contributed by atoms with Crippen molar-refractivity contribution < 1.29 is 21.9 Å². The third-order valence-electron chi connectivity index (χ3n) is 2.02. The standard InChI is InChI=1S/C12H26N2O4.2H2/c1-3-13-5-6-16-7-8-17-9-10-18-11-12(15)14-4-2;;/h13H,3-11H2,1-2H3,(H,14,15);2*1H. The first-order valence-electron chi connectivity index (χ1n) is 6.51. The molecule has 6 heteroatoms. The van der Waals surface area contributed by atoms with E-state index in [9.17, 15) is 4.79 Å². The summed E-state index contributed by atoms with van der Waals surface area (Å²) in [6.07, 6.45) is 0. The normalized spacial score (nSPS) is 10.6. The Morgan fingerprint density at radius 1 is 0.944 bits per heavy atom. The number of hydrogen-bond donors (Lipinski definition) is 2. The predicted molar refractivity (Wildman–Crippen MR) is 73.9 cm³/mol. The van der Waals surface area contributed by atoms with E-state index in [1.807, 2.05) is 6.92 Å². The molecule has 0 spiro atoms. The van der Waals surface area contributed by atoms with Gasteiger partial charge in [0.05, 0.1) is 33.0 Å². The second-order valence-electron chi connectivity index (χ2n) is 3.58. The zero-order valence-corrected chi connectivity index (χ0v) is 11.5. The zero-order chi connectivity index (χ0) is 13.5. The molecule has 6 nitrogen and oxygen atoms in total. The van der Waals surface area contributed by atoms with Gasteiger partial charge < -0.3 is 24.8 Å². The van der Waals surface area contributed by atoms with Crippen LogP contribution in [0.2, 0.25) is 0 Å². The van der Waals surface area contributed by atoms with Crippen molar-refractivity contribution in [3.05, 3.63) is 0 Å². The first-order chi connectivity index (χ1) is 8.81. The summed E-state index contributed by atoms with van der Waals surface area (Å²) >= 11 is 0. The zero-order valence-electron chi connectivity index (χ0n) is 11.5. The Labute approximate surface area is 112 Å². The molecule has 0 aromatic rings. The lowest BCUT2D eigenvalue weighted by atomic mass is 10.6. The summed E-state index contributed by atoms with van der Waals surface area (Å²) in [6, 6.07) is 0. The van der Waals surface area contributed by atoms with Crippen LogP contribution < -0.4 is 10.6 Å². The van der Waals surface area contributed by atoms with Crippen molar-refractivity contribution in [2.75, 3.05) is 59.3 Å². The largest absolute Gasteiger partial charge is 0.378 e. The minimum absolute atomic E-state index is 0. The van der Waals surface area contributed by atoms with Gasteiger partial charge in [0, 0.05) is 15.9 Å².